The minimum Gasteiger partial charge on any atom is -0.456 e. The molecule has 0 amide bonds. The van der Waals surface area contributed by atoms with Gasteiger partial charge in [-0.2, -0.15) is 0 Å². The van der Waals surface area contributed by atoms with Crippen molar-refractivity contribution >= 4 is 27.5 Å². The van der Waals surface area contributed by atoms with Gasteiger partial charge in [-0.15, -0.1) is 0 Å². The summed E-state index contributed by atoms with van der Waals surface area (Å²) in [5.41, 5.74) is 0.271. The number of hydrogen-bond donors (Lipinski definition) is 1. The summed E-state index contributed by atoms with van der Waals surface area (Å²) in [6.45, 7) is 1.49. The molecule has 0 saturated heterocycles. The van der Waals surface area contributed by atoms with Crippen molar-refractivity contribution in [2.24, 2.45) is 0 Å². The number of ether oxygens (including phenoxy) is 1. The predicted octanol–water partition coefficient (Wildman–Crippen LogP) is 5.23. The average molecular weight is 364 g/mol. The zero-order chi connectivity index (χ0) is 14.9. The van der Waals surface area contributed by atoms with Crippen LogP contribution in [-0.2, 0) is 0 Å². The maximum atomic E-state index is 13.4. The van der Waals surface area contributed by atoms with Crippen LogP contribution in [0.4, 0.5) is 8.78 Å². The molecule has 0 saturated carbocycles. The van der Waals surface area contributed by atoms with Crippen molar-refractivity contribution in [1.82, 2.24) is 0 Å². The lowest BCUT2D eigenvalue weighted by atomic mass is 10.1. The summed E-state index contributed by atoms with van der Waals surface area (Å²) in [4.78, 5) is 0. The molecule has 2 aromatic carbocycles. The molecule has 2 nitrogen and oxygen atoms in total. The predicted molar refractivity (Wildman–Crippen MR) is 76.2 cm³/mol. The molecule has 20 heavy (non-hydrogen) atoms. The Balaban J connectivity index is 2.42. The minimum atomic E-state index is -0.920. The molecule has 0 aliphatic carbocycles. The molecule has 0 aliphatic heterocycles. The smallest absolute Gasteiger partial charge is 0.145 e. The van der Waals surface area contributed by atoms with Crippen LogP contribution in [0, 0.1) is 11.6 Å². The molecule has 6 heteroatoms. The van der Waals surface area contributed by atoms with E-state index in [-0.39, 0.29) is 22.1 Å². The number of rotatable bonds is 3. The Bertz CT molecular complexity index is 647. The number of benzene rings is 2. The van der Waals surface area contributed by atoms with E-state index in [1.165, 1.54) is 31.2 Å². The van der Waals surface area contributed by atoms with E-state index >= 15 is 0 Å². The van der Waals surface area contributed by atoms with Gasteiger partial charge in [-0.05, 0) is 47.1 Å². The molecular formula is C14H10BrClF2O2. The average Bonchev–Trinajstić information content (AvgIpc) is 2.37. The standard InChI is InChI=1S/C14H10BrClF2O2/c1-7(19)9-4-8(17)2-3-13(9)20-14-6-12(18)11(16)5-10(14)15/h2-7,19H,1H3/t7-/m1/s1. The van der Waals surface area contributed by atoms with Crippen LogP contribution in [0.25, 0.3) is 0 Å². The Morgan fingerprint density at radius 2 is 1.90 bits per heavy atom. The van der Waals surface area contributed by atoms with Crippen molar-refractivity contribution in [3.05, 3.63) is 57.0 Å². The van der Waals surface area contributed by atoms with Crippen LogP contribution in [0.1, 0.15) is 18.6 Å². The van der Waals surface area contributed by atoms with Crippen molar-refractivity contribution in [3.63, 3.8) is 0 Å². The second-order valence-electron chi connectivity index (χ2n) is 4.16. The van der Waals surface area contributed by atoms with E-state index in [4.69, 9.17) is 16.3 Å². The van der Waals surface area contributed by atoms with E-state index in [0.29, 0.717) is 4.47 Å². The summed E-state index contributed by atoms with van der Waals surface area (Å²) < 4.78 is 32.6. The van der Waals surface area contributed by atoms with Gasteiger partial charge in [-0.3, -0.25) is 0 Å². The summed E-state index contributed by atoms with van der Waals surface area (Å²) in [6, 6.07) is 6.21. The zero-order valence-electron chi connectivity index (χ0n) is 10.3. The van der Waals surface area contributed by atoms with Crippen LogP contribution >= 0.6 is 27.5 Å². The molecular weight excluding hydrogens is 354 g/mol. The normalized spacial score (nSPS) is 12.3. The van der Waals surface area contributed by atoms with Gasteiger partial charge in [0.2, 0.25) is 0 Å². The Labute approximate surface area is 128 Å². The fourth-order valence-corrected chi connectivity index (χ4v) is 2.36. The van der Waals surface area contributed by atoms with Gasteiger partial charge in [-0.1, -0.05) is 11.6 Å². The molecule has 0 bridgehead atoms. The molecule has 0 fully saturated rings. The molecule has 0 aliphatic rings. The summed E-state index contributed by atoms with van der Waals surface area (Å²) in [7, 11) is 0. The molecule has 0 unspecified atom stereocenters. The Morgan fingerprint density at radius 3 is 2.55 bits per heavy atom. The lowest BCUT2D eigenvalue weighted by molar-refractivity contribution is 0.195. The van der Waals surface area contributed by atoms with Crippen molar-refractivity contribution < 1.29 is 18.6 Å². The first kappa shape index (κ1) is 15.2. The van der Waals surface area contributed by atoms with Gasteiger partial charge >= 0.3 is 0 Å². The van der Waals surface area contributed by atoms with Crippen LogP contribution in [0.5, 0.6) is 11.5 Å². The van der Waals surface area contributed by atoms with Crippen molar-refractivity contribution in [3.8, 4) is 11.5 Å². The molecule has 2 aromatic rings. The first-order valence-corrected chi connectivity index (χ1v) is 6.85. The lowest BCUT2D eigenvalue weighted by Gasteiger charge is -2.14. The SMILES string of the molecule is C[C@@H](O)c1cc(F)ccc1Oc1cc(F)c(Cl)cc1Br. The van der Waals surface area contributed by atoms with E-state index in [9.17, 15) is 13.9 Å². The molecule has 2 rings (SSSR count). The Morgan fingerprint density at radius 1 is 1.20 bits per heavy atom. The van der Waals surface area contributed by atoms with Gasteiger partial charge in [0, 0.05) is 11.6 Å². The maximum Gasteiger partial charge on any atom is 0.145 e. The number of aliphatic hydroxyl groups is 1. The topological polar surface area (TPSA) is 29.5 Å². The first-order chi connectivity index (χ1) is 9.38. The monoisotopic (exact) mass is 362 g/mol. The molecule has 0 radical (unpaired) electrons. The quantitative estimate of drug-likeness (QED) is 0.757. The van der Waals surface area contributed by atoms with E-state index in [0.717, 1.165) is 6.07 Å². The van der Waals surface area contributed by atoms with Crippen molar-refractivity contribution in [1.29, 1.82) is 0 Å². The number of aliphatic hydroxyl groups excluding tert-OH is 1. The van der Waals surface area contributed by atoms with Gasteiger partial charge in [0.25, 0.3) is 0 Å². The third-order valence-corrected chi connectivity index (χ3v) is 3.53. The summed E-state index contributed by atoms with van der Waals surface area (Å²) >= 11 is 8.84. The van der Waals surface area contributed by atoms with Crippen LogP contribution < -0.4 is 4.74 Å². The lowest BCUT2D eigenvalue weighted by Crippen LogP contribution is -1.98. The maximum absolute atomic E-state index is 13.4. The van der Waals surface area contributed by atoms with Gasteiger partial charge in [0.05, 0.1) is 15.6 Å². The van der Waals surface area contributed by atoms with E-state index < -0.39 is 17.7 Å². The van der Waals surface area contributed by atoms with Gasteiger partial charge in [0.15, 0.2) is 0 Å². The van der Waals surface area contributed by atoms with E-state index in [2.05, 4.69) is 15.9 Å². The summed E-state index contributed by atoms with van der Waals surface area (Å²) in [5.74, 6) is -0.704. The minimum absolute atomic E-state index is 0.0425. The molecule has 1 N–H and O–H groups in total. The van der Waals surface area contributed by atoms with Gasteiger partial charge < -0.3 is 9.84 Å². The van der Waals surface area contributed by atoms with Crippen LogP contribution in [0.3, 0.4) is 0 Å². The fraction of sp³-hybridized carbons (Fsp3) is 0.143. The fourth-order valence-electron chi connectivity index (χ4n) is 1.64. The number of halogens is 4. The highest BCUT2D eigenvalue weighted by Crippen LogP contribution is 2.36. The highest BCUT2D eigenvalue weighted by atomic mass is 79.9. The zero-order valence-corrected chi connectivity index (χ0v) is 12.7. The summed E-state index contributed by atoms with van der Waals surface area (Å²) in [5, 5.41) is 9.58. The molecule has 0 heterocycles. The summed E-state index contributed by atoms with van der Waals surface area (Å²) in [6.07, 6.45) is -0.920. The molecule has 0 spiro atoms. The van der Waals surface area contributed by atoms with E-state index in [1.807, 2.05) is 0 Å². The Kier molecular flexibility index (Phi) is 4.62. The van der Waals surface area contributed by atoms with Gasteiger partial charge in [0.1, 0.15) is 23.1 Å². The third-order valence-electron chi connectivity index (χ3n) is 2.62. The van der Waals surface area contributed by atoms with Crippen LogP contribution in [-0.4, -0.2) is 5.11 Å². The van der Waals surface area contributed by atoms with Crippen LogP contribution in [0.15, 0.2) is 34.8 Å². The van der Waals surface area contributed by atoms with Crippen molar-refractivity contribution in [2.75, 3.05) is 0 Å². The third kappa shape index (κ3) is 3.29. The highest BCUT2D eigenvalue weighted by molar-refractivity contribution is 9.10. The molecule has 0 aromatic heterocycles. The van der Waals surface area contributed by atoms with E-state index in [1.54, 1.807) is 0 Å². The second kappa shape index (κ2) is 6.08. The first-order valence-electron chi connectivity index (χ1n) is 5.68. The Hall–Kier alpha value is -1.17. The second-order valence-corrected chi connectivity index (χ2v) is 5.42. The van der Waals surface area contributed by atoms with Crippen molar-refractivity contribution in [2.45, 2.75) is 13.0 Å². The van der Waals surface area contributed by atoms with Gasteiger partial charge in [-0.25, -0.2) is 8.78 Å². The molecule has 106 valence electrons. The van der Waals surface area contributed by atoms with Crippen LogP contribution in [0.2, 0.25) is 5.02 Å². The highest BCUT2D eigenvalue weighted by Gasteiger charge is 2.14. The number of hydrogen-bond acceptors (Lipinski definition) is 2. The molecule has 1 atom stereocenters. The largest absolute Gasteiger partial charge is 0.456 e.